The van der Waals surface area contributed by atoms with Crippen LogP contribution in [0.15, 0.2) is 66.7 Å². The molecule has 0 N–H and O–H groups in total. The van der Waals surface area contributed by atoms with Crippen LogP contribution in [0.25, 0.3) is 22.5 Å². The molecule has 3 rings (SSSR count). The first kappa shape index (κ1) is 17.8. The molecule has 0 bridgehead atoms. The first-order valence-corrected chi connectivity index (χ1v) is 7.58. The second-order valence-corrected chi connectivity index (χ2v) is 3.96. The summed E-state index contributed by atoms with van der Waals surface area (Å²) in [7, 11) is 2.42. The van der Waals surface area contributed by atoms with E-state index in [0.29, 0.717) is 0 Å². The molecule has 2 aromatic carbocycles. The van der Waals surface area contributed by atoms with Crippen LogP contribution in [-0.4, -0.2) is 11.6 Å². The molecule has 1 heterocycles. The van der Waals surface area contributed by atoms with Crippen LogP contribution in [0, 0.1) is 12.1 Å². The molecule has 3 heteroatoms. The fraction of sp³-hybridized carbons (Fsp3) is 0.0556. The Morgan fingerprint density at radius 2 is 1.19 bits per heavy atom. The Balaban J connectivity index is 0.000000706. The van der Waals surface area contributed by atoms with Crippen LogP contribution in [0.2, 0.25) is 0 Å². The summed E-state index contributed by atoms with van der Waals surface area (Å²) in [5, 5.41) is 0. The van der Waals surface area contributed by atoms with Gasteiger partial charge in [0.15, 0.2) is 0 Å². The smallest absolute Gasteiger partial charge is 0 e. The van der Waals surface area contributed by atoms with Gasteiger partial charge in [0.05, 0.1) is 0 Å². The maximum Gasteiger partial charge on any atom is 0 e. The molecule has 1 atom stereocenters. The number of pyridine rings is 1. The van der Waals surface area contributed by atoms with Crippen LogP contribution < -0.4 is 0 Å². The number of hydrogen-bond donors (Lipinski definition) is 0. The van der Waals surface area contributed by atoms with Gasteiger partial charge in [0.25, 0.3) is 0 Å². The third-order valence-corrected chi connectivity index (χ3v) is 2.72. The van der Waals surface area contributed by atoms with E-state index in [4.69, 9.17) is 0 Å². The number of hydrogen-bond acceptors (Lipinski definition) is 1. The first-order chi connectivity index (χ1) is 9.93. The third-order valence-electron chi connectivity index (χ3n) is 2.72. The van der Waals surface area contributed by atoms with Crippen LogP contribution in [0.4, 0.5) is 0 Å². The van der Waals surface area contributed by atoms with E-state index < -0.39 is 0 Å². The van der Waals surface area contributed by atoms with Crippen molar-refractivity contribution in [3.05, 3.63) is 78.9 Å². The molecule has 3 aromatic rings. The number of rotatable bonds is 2. The second-order valence-electron chi connectivity index (χ2n) is 3.96. The Bertz CT molecular complexity index is 587. The van der Waals surface area contributed by atoms with Crippen molar-refractivity contribution in [2.24, 2.45) is 0 Å². The summed E-state index contributed by atoms with van der Waals surface area (Å²) in [5.74, 6) is 0. The zero-order chi connectivity index (χ0) is 14.2. The van der Waals surface area contributed by atoms with Gasteiger partial charge in [0, 0.05) is 22.4 Å². The normalized spacial score (nSPS) is 9.05. The van der Waals surface area contributed by atoms with E-state index >= 15 is 0 Å². The zero-order valence-corrected chi connectivity index (χ0v) is 15.0. The molecule has 0 aliphatic carbocycles. The molecule has 0 fully saturated rings. The van der Waals surface area contributed by atoms with E-state index in [1.165, 1.54) is 0 Å². The average Bonchev–Trinajstić information content (AvgIpc) is 2.58. The summed E-state index contributed by atoms with van der Waals surface area (Å²) >= 11 is 0. The molecular weight excluding hydrogens is 458 g/mol. The predicted octanol–water partition coefficient (Wildman–Crippen LogP) is 4.50. The minimum Gasteiger partial charge on any atom is -0.345 e. The number of benzene rings is 2. The van der Waals surface area contributed by atoms with Gasteiger partial charge >= 0.3 is 0 Å². The summed E-state index contributed by atoms with van der Waals surface area (Å²) in [6.45, 7) is 1.92. The van der Waals surface area contributed by atoms with Crippen molar-refractivity contribution < 1.29 is 22.4 Å². The molecule has 1 aromatic heterocycles. The minimum atomic E-state index is 0. The molecular formula is C18H16AuNP-2. The zero-order valence-electron chi connectivity index (χ0n) is 11.7. The monoisotopic (exact) mass is 474 g/mol. The summed E-state index contributed by atoms with van der Waals surface area (Å²) in [4.78, 5) is 4.65. The predicted molar refractivity (Wildman–Crippen MR) is 88.4 cm³/mol. The molecule has 0 amide bonds. The largest absolute Gasteiger partial charge is 0.345 e. The van der Waals surface area contributed by atoms with Crippen LogP contribution in [0.5, 0.6) is 0 Å². The molecule has 0 spiro atoms. The summed E-state index contributed by atoms with van der Waals surface area (Å²) in [6.07, 6.45) is 0. The SMILES string of the molecule is CP.[Au].[c-]1ccccc1-c1cccc(-c2[c-]cccc2)n1. The molecule has 0 saturated heterocycles. The summed E-state index contributed by atoms with van der Waals surface area (Å²) in [5.41, 5.74) is 3.89. The Morgan fingerprint density at radius 1 is 0.714 bits per heavy atom. The number of nitrogens with zero attached hydrogens (tertiary/aromatic N) is 1. The van der Waals surface area contributed by atoms with Gasteiger partial charge in [-0.25, -0.2) is 0 Å². The van der Waals surface area contributed by atoms with Gasteiger partial charge in [-0.05, 0) is 11.4 Å². The fourth-order valence-electron chi connectivity index (χ4n) is 1.84. The Morgan fingerprint density at radius 3 is 1.57 bits per heavy atom. The molecule has 0 saturated carbocycles. The van der Waals surface area contributed by atoms with E-state index in [9.17, 15) is 0 Å². The van der Waals surface area contributed by atoms with E-state index in [-0.39, 0.29) is 22.4 Å². The van der Waals surface area contributed by atoms with Crippen LogP contribution >= 0.6 is 9.24 Å². The average molecular weight is 474 g/mol. The van der Waals surface area contributed by atoms with E-state index in [2.05, 4.69) is 26.4 Å². The van der Waals surface area contributed by atoms with E-state index in [1.54, 1.807) is 0 Å². The fourth-order valence-corrected chi connectivity index (χ4v) is 1.84. The maximum absolute atomic E-state index is 4.65. The van der Waals surface area contributed by atoms with Crippen LogP contribution in [0.3, 0.4) is 0 Å². The second kappa shape index (κ2) is 9.65. The third kappa shape index (κ3) is 4.91. The topological polar surface area (TPSA) is 12.9 Å². The van der Waals surface area contributed by atoms with Crippen molar-refractivity contribution in [2.45, 2.75) is 0 Å². The maximum atomic E-state index is 4.65. The molecule has 1 nitrogen and oxygen atoms in total. The molecule has 0 aliphatic heterocycles. The number of aromatic nitrogens is 1. The molecule has 1 radical (unpaired) electrons. The van der Waals surface area contributed by atoms with Gasteiger partial charge in [0.1, 0.15) is 0 Å². The minimum absolute atomic E-state index is 0. The summed E-state index contributed by atoms with van der Waals surface area (Å²) in [6, 6.07) is 28.1. The van der Waals surface area contributed by atoms with Gasteiger partial charge < -0.3 is 4.98 Å². The molecule has 111 valence electrons. The van der Waals surface area contributed by atoms with Gasteiger partial charge in [-0.15, -0.1) is 81.0 Å². The van der Waals surface area contributed by atoms with Gasteiger partial charge in [0.2, 0.25) is 0 Å². The van der Waals surface area contributed by atoms with Crippen LogP contribution in [0.1, 0.15) is 0 Å². The Hall–Kier alpha value is -1.24. The van der Waals surface area contributed by atoms with Crippen molar-refractivity contribution >= 4 is 9.24 Å². The summed E-state index contributed by atoms with van der Waals surface area (Å²) < 4.78 is 0. The van der Waals surface area contributed by atoms with Gasteiger partial charge in [-0.2, -0.15) is 0 Å². The van der Waals surface area contributed by atoms with Crippen molar-refractivity contribution in [3.8, 4) is 22.5 Å². The van der Waals surface area contributed by atoms with Crippen LogP contribution in [-0.2, 0) is 22.4 Å². The quantitative estimate of drug-likeness (QED) is 0.303. The molecule has 1 unspecified atom stereocenters. The standard InChI is InChI=1S/C17H11N.CH5P.Au/c1-3-8-14(9-4-1)16-12-7-13-17(18-16)15-10-5-2-6-11-15;1-2;/h1-8,10,12-13H;2H2,1H3;/q-2;;. The van der Waals surface area contributed by atoms with E-state index in [0.717, 1.165) is 22.5 Å². The van der Waals surface area contributed by atoms with Crippen molar-refractivity contribution in [1.29, 1.82) is 0 Å². The van der Waals surface area contributed by atoms with Crippen molar-refractivity contribution in [3.63, 3.8) is 0 Å². The molecule has 0 aliphatic rings. The Kier molecular flexibility index (Phi) is 8.19. The van der Waals surface area contributed by atoms with Gasteiger partial charge in [-0.3, -0.25) is 0 Å². The van der Waals surface area contributed by atoms with Crippen molar-refractivity contribution in [2.75, 3.05) is 6.66 Å². The van der Waals surface area contributed by atoms with Gasteiger partial charge in [-0.1, -0.05) is 24.9 Å². The van der Waals surface area contributed by atoms with Crippen molar-refractivity contribution in [1.82, 2.24) is 4.98 Å². The molecule has 21 heavy (non-hydrogen) atoms. The Labute approximate surface area is 144 Å². The first-order valence-electron chi connectivity index (χ1n) is 6.42. The van der Waals surface area contributed by atoms with E-state index in [1.807, 2.05) is 73.4 Å².